The van der Waals surface area contributed by atoms with Crippen LogP contribution < -0.4 is 5.56 Å². The summed E-state index contributed by atoms with van der Waals surface area (Å²) < 4.78 is 9.27. The molecule has 0 spiro atoms. The molecular formula is C21H24N6O2. The maximum atomic E-state index is 12.4. The Labute approximate surface area is 168 Å². The lowest BCUT2D eigenvalue weighted by molar-refractivity contribution is 0.0785. The third-order valence-electron chi connectivity index (χ3n) is 5.82. The quantitative estimate of drug-likeness (QED) is 0.658. The topological polar surface area (TPSA) is 78.1 Å². The van der Waals surface area contributed by atoms with Crippen LogP contribution in [0.15, 0.2) is 47.7 Å². The highest BCUT2D eigenvalue weighted by Gasteiger charge is 2.27. The summed E-state index contributed by atoms with van der Waals surface area (Å²) in [6.07, 6.45) is 7.63. The second-order valence-corrected chi connectivity index (χ2v) is 7.63. The van der Waals surface area contributed by atoms with Crippen LogP contribution in [0, 0.1) is 0 Å². The monoisotopic (exact) mass is 392 g/mol. The molecule has 8 nitrogen and oxygen atoms in total. The summed E-state index contributed by atoms with van der Waals surface area (Å²) in [7, 11) is 0. The summed E-state index contributed by atoms with van der Waals surface area (Å²) in [5.74, 6) is 0. The Balaban J connectivity index is 1.35. The van der Waals surface area contributed by atoms with E-state index in [1.165, 1.54) is 11.3 Å². The van der Waals surface area contributed by atoms with Crippen molar-refractivity contribution in [2.75, 3.05) is 13.2 Å². The van der Waals surface area contributed by atoms with Crippen molar-refractivity contribution >= 4 is 0 Å². The molecule has 0 N–H and O–H groups in total. The van der Waals surface area contributed by atoms with Gasteiger partial charge in [-0.2, -0.15) is 10.2 Å². The molecular weight excluding hydrogens is 368 g/mol. The van der Waals surface area contributed by atoms with E-state index in [0.29, 0.717) is 13.2 Å². The highest BCUT2D eigenvalue weighted by molar-refractivity contribution is 5.56. The molecule has 5 rings (SSSR count). The van der Waals surface area contributed by atoms with Gasteiger partial charge in [-0.25, -0.2) is 4.68 Å². The van der Waals surface area contributed by atoms with Crippen LogP contribution in [-0.4, -0.2) is 48.6 Å². The lowest BCUT2D eigenvalue weighted by atomic mass is 10.2. The summed E-state index contributed by atoms with van der Waals surface area (Å²) in [5, 5.41) is 9.13. The molecule has 2 aliphatic rings. The van der Waals surface area contributed by atoms with E-state index in [4.69, 9.17) is 4.74 Å². The van der Waals surface area contributed by atoms with E-state index in [-0.39, 0.29) is 11.6 Å². The largest absolute Gasteiger partial charge is 0.373 e. The van der Waals surface area contributed by atoms with Gasteiger partial charge in [0.1, 0.15) is 0 Å². The highest BCUT2D eigenvalue weighted by Crippen LogP contribution is 2.24. The number of nitrogens with zero attached hydrogens (tertiary/aromatic N) is 6. The van der Waals surface area contributed by atoms with Crippen molar-refractivity contribution in [2.45, 2.75) is 45.1 Å². The zero-order valence-corrected chi connectivity index (χ0v) is 16.3. The number of pyridine rings is 1. The van der Waals surface area contributed by atoms with Gasteiger partial charge in [0.15, 0.2) is 0 Å². The van der Waals surface area contributed by atoms with Gasteiger partial charge in [-0.3, -0.25) is 19.4 Å². The molecule has 1 fully saturated rings. The van der Waals surface area contributed by atoms with Crippen molar-refractivity contribution in [3.8, 4) is 11.3 Å². The Bertz CT molecular complexity index is 1040. The Morgan fingerprint density at radius 1 is 1.14 bits per heavy atom. The molecule has 0 radical (unpaired) electrons. The zero-order valence-electron chi connectivity index (χ0n) is 16.3. The fourth-order valence-corrected chi connectivity index (χ4v) is 4.25. The number of hydrogen-bond donors (Lipinski definition) is 0. The van der Waals surface area contributed by atoms with Crippen LogP contribution in [0.25, 0.3) is 11.3 Å². The Hall–Kier alpha value is -2.84. The predicted molar refractivity (Wildman–Crippen MR) is 107 cm³/mol. The molecule has 0 bridgehead atoms. The standard InChI is InChI=1S/C21H24N6O2/c28-21-4-3-19(16-5-7-22-8-6-16)24-27(21)14-18-2-1-9-25(18)13-17-12-23-26-10-11-29-15-20(17)26/h3-8,12,18H,1-2,9-11,13-15H2. The Morgan fingerprint density at radius 3 is 2.93 bits per heavy atom. The highest BCUT2D eigenvalue weighted by atomic mass is 16.5. The van der Waals surface area contributed by atoms with Crippen molar-refractivity contribution in [3.05, 3.63) is 64.5 Å². The van der Waals surface area contributed by atoms with Crippen molar-refractivity contribution in [1.82, 2.24) is 29.4 Å². The van der Waals surface area contributed by atoms with Crippen LogP contribution in [-0.2, 0) is 31.0 Å². The third-order valence-corrected chi connectivity index (χ3v) is 5.82. The van der Waals surface area contributed by atoms with E-state index in [0.717, 1.165) is 50.3 Å². The minimum atomic E-state index is -0.0639. The van der Waals surface area contributed by atoms with Crippen LogP contribution in [0.4, 0.5) is 0 Å². The number of hydrogen-bond acceptors (Lipinski definition) is 6. The maximum Gasteiger partial charge on any atom is 0.266 e. The van der Waals surface area contributed by atoms with Crippen LogP contribution in [0.5, 0.6) is 0 Å². The average molecular weight is 392 g/mol. The van der Waals surface area contributed by atoms with E-state index in [1.54, 1.807) is 29.2 Å². The van der Waals surface area contributed by atoms with E-state index in [9.17, 15) is 4.79 Å². The number of rotatable bonds is 5. The summed E-state index contributed by atoms with van der Waals surface area (Å²) >= 11 is 0. The van der Waals surface area contributed by atoms with Crippen molar-refractivity contribution in [2.24, 2.45) is 0 Å². The first-order valence-electron chi connectivity index (χ1n) is 10.1. The van der Waals surface area contributed by atoms with Gasteiger partial charge in [0, 0.05) is 42.2 Å². The lowest BCUT2D eigenvalue weighted by Crippen LogP contribution is -2.37. The van der Waals surface area contributed by atoms with Gasteiger partial charge >= 0.3 is 0 Å². The molecule has 2 aliphatic heterocycles. The van der Waals surface area contributed by atoms with Crippen molar-refractivity contribution < 1.29 is 4.74 Å². The van der Waals surface area contributed by atoms with Gasteiger partial charge in [-0.15, -0.1) is 0 Å². The second kappa shape index (κ2) is 7.88. The third kappa shape index (κ3) is 3.73. The molecule has 1 saturated heterocycles. The molecule has 0 amide bonds. The van der Waals surface area contributed by atoms with E-state index < -0.39 is 0 Å². The van der Waals surface area contributed by atoms with Crippen molar-refractivity contribution in [1.29, 1.82) is 0 Å². The second-order valence-electron chi connectivity index (χ2n) is 7.63. The van der Waals surface area contributed by atoms with Crippen molar-refractivity contribution in [3.63, 3.8) is 0 Å². The Kier molecular flexibility index (Phi) is 4.95. The molecule has 8 heteroatoms. The van der Waals surface area contributed by atoms with Gasteiger partial charge < -0.3 is 4.74 Å². The molecule has 0 saturated carbocycles. The van der Waals surface area contributed by atoms with Gasteiger partial charge in [0.25, 0.3) is 5.56 Å². The van der Waals surface area contributed by atoms with Crippen LogP contribution in [0.2, 0.25) is 0 Å². The van der Waals surface area contributed by atoms with Gasteiger partial charge in [0.05, 0.1) is 43.9 Å². The number of ether oxygens (including phenoxy) is 1. The number of likely N-dealkylation sites (tertiary alicyclic amines) is 1. The van der Waals surface area contributed by atoms with E-state index >= 15 is 0 Å². The first kappa shape index (κ1) is 18.2. The predicted octanol–water partition coefficient (Wildman–Crippen LogP) is 1.70. The molecule has 5 heterocycles. The fourth-order valence-electron chi connectivity index (χ4n) is 4.25. The van der Waals surface area contributed by atoms with E-state index in [1.807, 2.05) is 23.0 Å². The average Bonchev–Trinajstić information content (AvgIpc) is 3.38. The van der Waals surface area contributed by atoms with E-state index in [2.05, 4.69) is 20.1 Å². The molecule has 1 atom stereocenters. The smallest absolute Gasteiger partial charge is 0.266 e. The van der Waals surface area contributed by atoms with Crippen LogP contribution in [0.1, 0.15) is 24.1 Å². The van der Waals surface area contributed by atoms with Gasteiger partial charge in [-0.1, -0.05) is 0 Å². The van der Waals surface area contributed by atoms with Gasteiger partial charge in [0.2, 0.25) is 0 Å². The summed E-state index contributed by atoms with van der Waals surface area (Å²) in [5.41, 5.74) is 4.09. The summed E-state index contributed by atoms with van der Waals surface area (Å²) in [6.45, 7) is 4.63. The number of fused-ring (bicyclic) bond motifs is 1. The minimum absolute atomic E-state index is 0.0639. The zero-order chi connectivity index (χ0) is 19.6. The fraction of sp³-hybridized carbons (Fsp3) is 0.429. The van der Waals surface area contributed by atoms with Gasteiger partial charge in [-0.05, 0) is 37.6 Å². The number of aromatic nitrogens is 5. The lowest BCUT2D eigenvalue weighted by Gasteiger charge is -2.25. The molecule has 0 aliphatic carbocycles. The molecule has 3 aromatic heterocycles. The molecule has 3 aromatic rings. The maximum absolute atomic E-state index is 12.4. The summed E-state index contributed by atoms with van der Waals surface area (Å²) in [4.78, 5) is 18.9. The normalized spacial score (nSPS) is 19.4. The molecule has 0 aromatic carbocycles. The first-order valence-corrected chi connectivity index (χ1v) is 10.1. The van der Waals surface area contributed by atoms with Crippen LogP contribution >= 0.6 is 0 Å². The van der Waals surface area contributed by atoms with Crippen LogP contribution in [0.3, 0.4) is 0 Å². The SMILES string of the molecule is O=c1ccc(-c2ccncc2)nn1CC1CCCN1Cc1cnn2c1COCC2. The molecule has 1 unspecified atom stereocenters. The summed E-state index contributed by atoms with van der Waals surface area (Å²) in [6, 6.07) is 7.48. The first-order chi connectivity index (χ1) is 14.3. The molecule has 150 valence electrons. The molecule has 29 heavy (non-hydrogen) atoms. The Morgan fingerprint density at radius 2 is 2.03 bits per heavy atom. The minimum Gasteiger partial charge on any atom is -0.373 e.